The number of anilines is 4. The lowest BCUT2D eigenvalue weighted by molar-refractivity contribution is 0.738. The fourth-order valence-corrected chi connectivity index (χ4v) is 7.12. The zero-order chi connectivity index (χ0) is 28.8. The Bertz CT molecular complexity index is 1520. The number of benzene rings is 5. The van der Waals surface area contributed by atoms with Gasteiger partial charge < -0.3 is 19.6 Å². The summed E-state index contributed by atoms with van der Waals surface area (Å²) in [5, 5.41) is 5.26. The molecule has 5 aromatic rings. The molecule has 4 nitrogen and oxygen atoms in total. The van der Waals surface area contributed by atoms with Gasteiger partial charge in [-0.1, -0.05) is 60.7 Å². The topological polar surface area (TPSA) is 13.0 Å². The molecule has 42 heavy (non-hydrogen) atoms. The van der Waals surface area contributed by atoms with Gasteiger partial charge >= 0.3 is 0 Å². The first-order chi connectivity index (χ1) is 20.6. The Labute approximate surface area is 250 Å². The van der Waals surface area contributed by atoms with Gasteiger partial charge in [-0.05, 0) is 95.8 Å². The maximum absolute atomic E-state index is 2.58. The molecule has 0 radical (unpaired) electrons. The molecule has 5 aromatic carbocycles. The number of hydrogen-bond acceptors (Lipinski definition) is 4. The van der Waals surface area contributed by atoms with E-state index in [-0.39, 0.29) is 0 Å². The molecule has 0 saturated carbocycles. The van der Waals surface area contributed by atoms with Crippen LogP contribution in [0.1, 0.15) is 49.9 Å². The molecule has 0 amide bonds. The first-order valence-corrected chi connectivity index (χ1v) is 15.8. The SMILES string of the molecule is CCN1Cc2cc3c(cc2CN(CC)c2cc4ccccc4cc21)CN(CC)c1cc2ccccc2cc1N(CC)C3. The van der Waals surface area contributed by atoms with Crippen molar-refractivity contribution in [3.63, 3.8) is 0 Å². The highest BCUT2D eigenvalue weighted by Gasteiger charge is 2.26. The summed E-state index contributed by atoms with van der Waals surface area (Å²) in [5.41, 5.74) is 11.3. The van der Waals surface area contributed by atoms with Crippen LogP contribution < -0.4 is 19.6 Å². The highest BCUT2D eigenvalue weighted by atomic mass is 15.2. The lowest BCUT2D eigenvalue weighted by atomic mass is 9.93. The minimum absolute atomic E-state index is 0.937. The van der Waals surface area contributed by atoms with Gasteiger partial charge in [-0.15, -0.1) is 0 Å². The van der Waals surface area contributed by atoms with Crippen LogP contribution in [0.3, 0.4) is 0 Å². The summed E-state index contributed by atoms with van der Waals surface area (Å²) in [7, 11) is 0. The second-order valence-corrected chi connectivity index (χ2v) is 11.8. The van der Waals surface area contributed by atoms with Crippen molar-refractivity contribution in [2.45, 2.75) is 53.9 Å². The first-order valence-electron chi connectivity index (χ1n) is 15.8. The lowest BCUT2D eigenvalue weighted by Crippen LogP contribution is -2.34. The molecule has 0 aromatic heterocycles. The second kappa shape index (κ2) is 10.9. The van der Waals surface area contributed by atoms with Crippen LogP contribution in [0.15, 0.2) is 84.9 Å². The van der Waals surface area contributed by atoms with E-state index in [4.69, 9.17) is 0 Å². The maximum atomic E-state index is 2.58. The summed E-state index contributed by atoms with van der Waals surface area (Å²) in [6.45, 7) is 16.8. The molecule has 0 spiro atoms. The quantitative estimate of drug-likeness (QED) is 0.220. The van der Waals surface area contributed by atoms with Crippen LogP contribution in [0.2, 0.25) is 0 Å². The summed E-state index contributed by atoms with van der Waals surface area (Å²) in [4.78, 5) is 10.3. The molecule has 214 valence electrons. The average Bonchev–Trinajstić information content (AvgIpc) is 3.02. The van der Waals surface area contributed by atoms with Gasteiger partial charge in [0.2, 0.25) is 0 Å². The second-order valence-electron chi connectivity index (χ2n) is 11.8. The van der Waals surface area contributed by atoms with Gasteiger partial charge in [0.25, 0.3) is 0 Å². The normalized spacial score (nSPS) is 15.0. The van der Waals surface area contributed by atoms with Gasteiger partial charge in [0.1, 0.15) is 0 Å². The molecule has 0 N–H and O–H groups in total. The van der Waals surface area contributed by atoms with Crippen LogP contribution >= 0.6 is 0 Å². The van der Waals surface area contributed by atoms with Gasteiger partial charge in [-0.2, -0.15) is 0 Å². The smallest absolute Gasteiger partial charge is 0.0613 e. The predicted molar refractivity (Wildman–Crippen MR) is 181 cm³/mol. The van der Waals surface area contributed by atoms with Crippen molar-refractivity contribution in [3.8, 4) is 0 Å². The number of nitrogens with zero attached hydrogens (tertiary/aromatic N) is 4. The Balaban J connectivity index is 1.35. The van der Waals surface area contributed by atoms with Crippen LogP contribution in [0.25, 0.3) is 21.5 Å². The summed E-state index contributed by atoms with van der Waals surface area (Å²) in [6, 6.07) is 32.3. The third kappa shape index (κ3) is 4.54. The molecule has 2 aliphatic rings. The Kier molecular flexibility index (Phi) is 6.93. The molecule has 0 atom stereocenters. The highest BCUT2D eigenvalue weighted by molar-refractivity contribution is 5.94. The van der Waals surface area contributed by atoms with Crippen LogP contribution in [0, 0.1) is 0 Å². The van der Waals surface area contributed by atoms with E-state index in [9.17, 15) is 0 Å². The molecular weight excluding hydrogens is 512 g/mol. The third-order valence-corrected chi connectivity index (χ3v) is 9.54. The minimum atomic E-state index is 0.937. The van der Waals surface area contributed by atoms with Gasteiger partial charge in [-0.25, -0.2) is 0 Å². The zero-order valence-corrected chi connectivity index (χ0v) is 25.5. The van der Waals surface area contributed by atoms with Crippen molar-refractivity contribution < 1.29 is 0 Å². The molecule has 0 saturated heterocycles. The van der Waals surface area contributed by atoms with E-state index in [1.54, 1.807) is 0 Å². The van der Waals surface area contributed by atoms with Crippen LogP contribution in [-0.2, 0) is 26.2 Å². The molecule has 2 heterocycles. The Morgan fingerprint density at radius 3 is 0.833 bits per heavy atom. The van der Waals surface area contributed by atoms with Crippen molar-refractivity contribution in [2.24, 2.45) is 0 Å². The van der Waals surface area contributed by atoms with Crippen molar-refractivity contribution in [2.75, 3.05) is 45.8 Å². The summed E-state index contributed by atoms with van der Waals surface area (Å²) in [5.74, 6) is 0. The molecule has 0 fully saturated rings. The van der Waals surface area contributed by atoms with Crippen molar-refractivity contribution in [1.29, 1.82) is 0 Å². The van der Waals surface area contributed by atoms with Crippen LogP contribution in [0.5, 0.6) is 0 Å². The highest BCUT2D eigenvalue weighted by Crippen LogP contribution is 2.41. The standard InChI is InChI=1S/C38H42N4/c1-5-39-23-31-17-33-25-41(7-3)37-21-29-15-11-12-16-30(29)22-38(37)42(8-4)26-34(33)18-32(31)24-40(6-2)36-20-28-14-10-9-13-27(28)19-35(36)39/h9-22H,5-8,23-26H2,1-4H3. The number of fused-ring (bicyclic) bond motifs is 6. The lowest BCUT2D eigenvalue weighted by Gasteiger charge is -2.38. The van der Waals surface area contributed by atoms with E-state index in [1.807, 2.05) is 0 Å². The van der Waals surface area contributed by atoms with E-state index in [2.05, 4.69) is 132 Å². The molecule has 2 aliphatic heterocycles. The molecule has 0 aliphatic carbocycles. The van der Waals surface area contributed by atoms with Gasteiger partial charge in [0.05, 0.1) is 22.7 Å². The van der Waals surface area contributed by atoms with Crippen molar-refractivity contribution in [1.82, 2.24) is 0 Å². The van der Waals surface area contributed by atoms with Crippen molar-refractivity contribution in [3.05, 3.63) is 107 Å². The van der Waals surface area contributed by atoms with E-state index in [1.165, 1.54) is 66.5 Å². The Morgan fingerprint density at radius 2 is 0.619 bits per heavy atom. The largest absolute Gasteiger partial charge is 0.366 e. The fourth-order valence-electron chi connectivity index (χ4n) is 7.12. The van der Waals surface area contributed by atoms with E-state index in [0.29, 0.717) is 0 Å². The van der Waals surface area contributed by atoms with Gasteiger partial charge in [0.15, 0.2) is 0 Å². The minimum Gasteiger partial charge on any atom is -0.366 e. The summed E-state index contributed by atoms with van der Waals surface area (Å²) in [6.07, 6.45) is 0. The monoisotopic (exact) mass is 554 g/mol. The van der Waals surface area contributed by atoms with E-state index < -0.39 is 0 Å². The molecule has 4 heteroatoms. The number of rotatable bonds is 4. The van der Waals surface area contributed by atoms with Gasteiger partial charge in [-0.3, -0.25) is 0 Å². The molecular formula is C38H42N4. The maximum Gasteiger partial charge on any atom is 0.0613 e. The van der Waals surface area contributed by atoms with E-state index >= 15 is 0 Å². The molecule has 7 rings (SSSR count). The Morgan fingerprint density at radius 1 is 0.381 bits per heavy atom. The predicted octanol–water partition coefficient (Wildman–Crippen LogP) is 8.73. The van der Waals surface area contributed by atoms with Crippen molar-refractivity contribution >= 4 is 44.3 Å². The Hall–Kier alpha value is -4.18. The van der Waals surface area contributed by atoms with Crippen LogP contribution in [0.4, 0.5) is 22.7 Å². The molecule has 0 unspecified atom stereocenters. The van der Waals surface area contributed by atoms with Gasteiger partial charge in [0, 0.05) is 52.4 Å². The third-order valence-electron chi connectivity index (χ3n) is 9.54. The van der Waals surface area contributed by atoms with E-state index in [0.717, 1.165) is 52.4 Å². The average molecular weight is 555 g/mol. The van der Waals surface area contributed by atoms with Crippen LogP contribution in [-0.4, -0.2) is 26.2 Å². The fraction of sp³-hybridized carbons (Fsp3) is 0.316. The zero-order valence-electron chi connectivity index (χ0n) is 25.5. The summed E-state index contributed by atoms with van der Waals surface area (Å²) >= 11 is 0. The summed E-state index contributed by atoms with van der Waals surface area (Å²) < 4.78 is 0. The first kappa shape index (κ1) is 26.7. The molecule has 0 bridgehead atoms. The number of hydrogen-bond donors (Lipinski definition) is 0.